The molecule has 0 aliphatic carbocycles. The lowest BCUT2D eigenvalue weighted by Gasteiger charge is -2.19. The Bertz CT molecular complexity index is 376. The fourth-order valence-electron chi connectivity index (χ4n) is 2.05. The van der Waals surface area contributed by atoms with E-state index in [2.05, 4.69) is 42.6 Å². The molecule has 0 fully saturated rings. The van der Waals surface area contributed by atoms with Crippen molar-refractivity contribution in [3.05, 3.63) is 35.9 Å². The second-order valence-corrected chi connectivity index (χ2v) is 5.42. The quantitative estimate of drug-likeness (QED) is 0.734. The van der Waals surface area contributed by atoms with Gasteiger partial charge in [-0.25, -0.2) is 0 Å². The summed E-state index contributed by atoms with van der Waals surface area (Å²) in [5.41, 5.74) is 1.15. The summed E-state index contributed by atoms with van der Waals surface area (Å²) in [5.74, 6) is 0. The first-order valence-electron chi connectivity index (χ1n) is 6.78. The van der Waals surface area contributed by atoms with Gasteiger partial charge in [0, 0.05) is 6.04 Å². The lowest BCUT2D eigenvalue weighted by Crippen LogP contribution is -2.23. The molecule has 2 heteroatoms. The molecule has 1 rings (SSSR count). The van der Waals surface area contributed by atoms with Gasteiger partial charge in [-0.15, -0.1) is 0 Å². The van der Waals surface area contributed by atoms with Gasteiger partial charge in [0.1, 0.15) is 0 Å². The molecule has 1 N–H and O–H groups in total. The van der Waals surface area contributed by atoms with Crippen molar-refractivity contribution in [2.45, 2.75) is 46.1 Å². The summed E-state index contributed by atoms with van der Waals surface area (Å²) in [7, 11) is 0. The van der Waals surface area contributed by atoms with Gasteiger partial charge < -0.3 is 5.32 Å². The van der Waals surface area contributed by atoms with E-state index >= 15 is 0 Å². The Kier molecular flexibility index (Phi) is 5.88. The Morgan fingerprint density at radius 1 is 1.28 bits per heavy atom. The van der Waals surface area contributed by atoms with Crippen LogP contribution >= 0.6 is 0 Å². The number of nitriles is 1. The molecule has 18 heavy (non-hydrogen) atoms. The van der Waals surface area contributed by atoms with Crippen LogP contribution < -0.4 is 5.32 Å². The van der Waals surface area contributed by atoms with Crippen molar-refractivity contribution in [3.8, 4) is 6.07 Å². The van der Waals surface area contributed by atoms with Gasteiger partial charge >= 0.3 is 0 Å². The SMILES string of the molecule is CCC(NCCCC(C)(C)C#N)c1ccccc1. The van der Waals surface area contributed by atoms with E-state index in [1.54, 1.807) is 0 Å². The third kappa shape index (κ3) is 4.89. The fraction of sp³-hybridized carbons (Fsp3) is 0.562. The summed E-state index contributed by atoms with van der Waals surface area (Å²) in [6.07, 6.45) is 3.08. The Labute approximate surface area is 111 Å². The van der Waals surface area contributed by atoms with E-state index in [4.69, 9.17) is 5.26 Å². The van der Waals surface area contributed by atoms with Crippen molar-refractivity contribution in [3.63, 3.8) is 0 Å². The van der Waals surface area contributed by atoms with E-state index in [1.807, 2.05) is 19.9 Å². The molecular weight excluding hydrogens is 220 g/mol. The van der Waals surface area contributed by atoms with Gasteiger partial charge in [-0.05, 0) is 45.2 Å². The number of hydrogen-bond acceptors (Lipinski definition) is 2. The van der Waals surface area contributed by atoms with Gasteiger partial charge in [-0.2, -0.15) is 5.26 Å². The van der Waals surface area contributed by atoms with Crippen molar-refractivity contribution in [2.24, 2.45) is 5.41 Å². The molecule has 0 aromatic heterocycles. The second kappa shape index (κ2) is 7.18. The van der Waals surface area contributed by atoms with Crippen LogP contribution in [0.2, 0.25) is 0 Å². The molecule has 2 nitrogen and oxygen atoms in total. The maximum absolute atomic E-state index is 8.96. The van der Waals surface area contributed by atoms with Crippen LogP contribution in [0.3, 0.4) is 0 Å². The Morgan fingerprint density at radius 2 is 1.94 bits per heavy atom. The van der Waals surface area contributed by atoms with Gasteiger partial charge in [-0.3, -0.25) is 0 Å². The topological polar surface area (TPSA) is 35.8 Å². The van der Waals surface area contributed by atoms with Crippen LogP contribution in [0.1, 0.15) is 51.6 Å². The van der Waals surface area contributed by atoms with E-state index < -0.39 is 0 Å². The molecule has 98 valence electrons. The number of rotatable bonds is 7. The lowest BCUT2D eigenvalue weighted by atomic mass is 9.90. The molecule has 0 aliphatic heterocycles. The number of nitrogens with one attached hydrogen (secondary N) is 1. The van der Waals surface area contributed by atoms with Gasteiger partial charge in [0.15, 0.2) is 0 Å². The highest BCUT2D eigenvalue weighted by Crippen LogP contribution is 2.21. The van der Waals surface area contributed by atoms with Crippen molar-refractivity contribution in [1.29, 1.82) is 5.26 Å². The van der Waals surface area contributed by atoms with E-state index in [0.717, 1.165) is 25.8 Å². The second-order valence-electron chi connectivity index (χ2n) is 5.42. The first-order chi connectivity index (χ1) is 8.59. The molecule has 0 radical (unpaired) electrons. The van der Waals surface area contributed by atoms with E-state index in [1.165, 1.54) is 5.56 Å². The molecule has 0 saturated carbocycles. The maximum Gasteiger partial charge on any atom is 0.0683 e. The minimum Gasteiger partial charge on any atom is -0.310 e. The first kappa shape index (κ1) is 14.7. The predicted octanol–water partition coefficient (Wildman–Crippen LogP) is 4.06. The van der Waals surface area contributed by atoms with Crippen LogP contribution in [0.4, 0.5) is 0 Å². The molecule has 1 aromatic carbocycles. The van der Waals surface area contributed by atoms with Crippen LogP contribution in [0.15, 0.2) is 30.3 Å². The molecule has 0 heterocycles. The molecule has 1 atom stereocenters. The minimum absolute atomic E-state index is 0.198. The highest BCUT2D eigenvalue weighted by Gasteiger charge is 2.16. The third-order valence-electron chi connectivity index (χ3n) is 3.28. The normalized spacial score (nSPS) is 13.0. The molecule has 0 amide bonds. The van der Waals surface area contributed by atoms with E-state index in [0.29, 0.717) is 6.04 Å². The average Bonchev–Trinajstić information content (AvgIpc) is 2.40. The Morgan fingerprint density at radius 3 is 2.50 bits per heavy atom. The Hall–Kier alpha value is -1.33. The largest absolute Gasteiger partial charge is 0.310 e. The summed E-state index contributed by atoms with van der Waals surface area (Å²) in [6.45, 7) is 7.17. The molecule has 0 saturated heterocycles. The highest BCUT2D eigenvalue weighted by atomic mass is 14.9. The summed E-state index contributed by atoms with van der Waals surface area (Å²) >= 11 is 0. The molecule has 1 unspecified atom stereocenters. The summed E-state index contributed by atoms with van der Waals surface area (Å²) in [6, 6.07) is 13.3. The molecule has 1 aromatic rings. The van der Waals surface area contributed by atoms with Crippen LogP contribution in [0.25, 0.3) is 0 Å². The van der Waals surface area contributed by atoms with Gasteiger partial charge in [0.25, 0.3) is 0 Å². The zero-order valence-corrected chi connectivity index (χ0v) is 11.7. The zero-order valence-electron chi connectivity index (χ0n) is 11.7. The standard InChI is InChI=1S/C16H24N2/c1-4-15(14-9-6-5-7-10-14)18-12-8-11-16(2,3)13-17/h5-7,9-10,15,18H,4,8,11-12H2,1-3H3. The Balaban J connectivity index is 2.36. The minimum atomic E-state index is -0.198. The van der Waals surface area contributed by atoms with Gasteiger partial charge in [0.05, 0.1) is 11.5 Å². The van der Waals surface area contributed by atoms with Gasteiger partial charge in [0.2, 0.25) is 0 Å². The maximum atomic E-state index is 8.96. The van der Waals surface area contributed by atoms with Crippen molar-refractivity contribution >= 4 is 0 Å². The number of nitrogens with zero attached hydrogens (tertiary/aromatic N) is 1. The van der Waals surface area contributed by atoms with Crippen molar-refractivity contribution in [2.75, 3.05) is 6.54 Å². The summed E-state index contributed by atoms with van der Waals surface area (Å²) in [5, 5.41) is 12.5. The van der Waals surface area contributed by atoms with Crippen molar-refractivity contribution in [1.82, 2.24) is 5.32 Å². The van der Waals surface area contributed by atoms with Gasteiger partial charge in [-0.1, -0.05) is 37.3 Å². The van der Waals surface area contributed by atoms with Crippen LogP contribution in [-0.2, 0) is 0 Å². The lowest BCUT2D eigenvalue weighted by molar-refractivity contribution is 0.410. The van der Waals surface area contributed by atoms with Crippen molar-refractivity contribution < 1.29 is 0 Å². The average molecular weight is 244 g/mol. The monoisotopic (exact) mass is 244 g/mol. The predicted molar refractivity (Wildman–Crippen MR) is 76.1 cm³/mol. The third-order valence-corrected chi connectivity index (χ3v) is 3.28. The molecule has 0 bridgehead atoms. The molecule has 0 aliphatic rings. The fourth-order valence-corrected chi connectivity index (χ4v) is 2.05. The summed E-state index contributed by atoms with van der Waals surface area (Å²) in [4.78, 5) is 0. The van der Waals surface area contributed by atoms with Crippen LogP contribution in [0.5, 0.6) is 0 Å². The summed E-state index contributed by atoms with van der Waals surface area (Å²) < 4.78 is 0. The number of hydrogen-bond donors (Lipinski definition) is 1. The molecular formula is C16H24N2. The van der Waals surface area contributed by atoms with Crippen LogP contribution in [-0.4, -0.2) is 6.54 Å². The highest BCUT2D eigenvalue weighted by molar-refractivity contribution is 5.18. The zero-order chi connectivity index (χ0) is 13.4. The smallest absolute Gasteiger partial charge is 0.0683 e. The first-order valence-corrected chi connectivity index (χ1v) is 6.78. The van der Waals surface area contributed by atoms with E-state index in [-0.39, 0.29) is 5.41 Å². The van der Waals surface area contributed by atoms with E-state index in [9.17, 15) is 0 Å². The van der Waals surface area contributed by atoms with Crippen LogP contribution in [0, 0.1) is 16.7 Å². The number of benzene rings is 1. The molecule has 0 spiro atoms.